The number of aryl methyl sites for hydroxylation is 1. The molecule has 0 unspecified atom stereocenters. The number of nitro groups is 1. The normalized spacial score (nSPS) is 18.4. The van der Waals surface area contributed by atoms with Gasteiger partial charge in [-0.3, -0.25) is 15.0 Å². The number of imidazole rings is 1. The standard InChI is InChI=1S/C28H33N9O3/c1-33-12-14-35(15-13-33)19-9-11-36(18-19)24-17-26(40-3)22(16-25(24)37(38)39)32-28-29-10-8-21(31-28)27-30-20-6-4-5-7-23(20)34(27)2/h4-8,10,16-17,19H,9,11-15,18H2,1-3H3,(H,29,31,32)/t19-/m0/s1. The predicted molar refractivity (Wildman–Crippen MR) is 154 cm³/mol. The molecule has 0 amide bonds. The number of ether oxygens (including phenoxy) is 1. The van der Waals surface area contributed by atoms with Crippen molar-refractivity contribution in [1.82, 2.24) is 29.3 Å². The monoisotopic (exact) mass is 543 g/mol. The number of para-hydroxylation sites is 2. The summed E-state index contributed by atoms with van der Waals surface area (Å²) < 4.78 is 7.66. The lowest BCUT2D eigenvalue weighted by Gasteiger charge is -2.36. The van der Waals surface area contributed by atoms with E-state index >= 15 is 0 Å². The first-order chi connectivity index (χ1) is 19.4. The molecule has 2 aliphatic rings. The number of benzene rings is 2. The zero-order valence-corrected chi connectivity index (χ0v) is 22.9. The molecule has 2 fully saturated rings. The molecule has 40 heavy (non-hydrogen) atoms. The van der Waals surface area contributed by atoms with E-state index in [0.717, 1.165) is 56.7 Å². The van der Waals surface area contributed by atoms with Crippen LogP contribution in [-0.2, 0) is 7.05 Å². The van der Waals surface area contributed by atoms with E-state index in [-0.39, 0.29) is 10.6 Å². The van der Waals surface area contributed by atoms with Gasteiger partial charge in [0.05, 0.1) is 28.8 Å². The molecular weight excluding hydrogens is 510 g/mol. The number of piperazine rings is 1. The topological polar surface area (TPSA) is 118 Å². The zero-order chi connectivity index (χ0) is 27.8. The van der Waals surface area contributed by atoms with E-state index in [1.807, 2.05) is 35.9 Å². The number of methoxy groups -OCH3 is 1. The largest absolute Gasteiger partial charge is 0.494 e. The average molecular weight is 544 g/mol. The van der Waals surface area contributed by atoms with Crippen molar-refractivity contribution in [3.05, 3.63) is 58.8 Å². The van der Waals surface area contributed by atoms with E-state index in [0.29, 0.717) is 40.6 Å². The smallest absolute Gasteiger partial charge is 0.294 e. The summed E-state index contributed by atoms with van der Waals surface area (Å²) in [7, 11) is 5.65. The molecule has 0 spiro atoms. The molecule has 6 rings (SSSR count). The van der Waals surface area contributed by atoms with Crippen LogP contribution < -0.4 is 15.0 Å². The Kier molecular flexibility index (Phi) is 6.95. The molecule has 2 aromatic heterocycles. The number of rotatable bonds is 7. The number of fused-ring (bicyclic) bond motifs is 1. The van der Waals surface area contributed by atoms with Crippen LogP contribution in [0.2, 0.25) is 0 Å². The molecule has 12 heteroatoms. The van der Waals surface area contributed by atoms with Crippen LogP contribution in [-0.4, -0.2) is 93.7 Å². The first-order valence-corrected chi connectivity index (χ1v) is 13.5. The first kappa shape index (κ1) is 26.0. The summed E-state index contributed by atoms with van der Waals surface area (Å²) in [6.07, 6.45) is 2.62. The van der Waals surface area contributed by atoms with Gasteiger partial charge < -0.3 is 24.4 Å². The summed E-state index contributed by atoms with van der Waals surface area (Å²) in [6.45, 7) is 5.66. The highest BCUT2D eigenvalue weighted by atomic mass is 16.6. The van der Waals surface area contributed by atoms with Crippen molar-refractivity contribution in [2.75, 3.05) is 63.6 Å². The highest BCUT2D eigenvalue weighted by Gasteiger charge is 2.33. The van der Waals surface area contributed by atoms with Crippen molar-refractivity contribution in [2.45, 2.75) is 12.5 Å². The highest BCUT2D eigenvalue weighted by molar-refractivity contribution is 5.80. The van der Waals surface area contributed by atoms with Crippen molar-refractivity contribution in [1.29, 1.82) is 0 Å². The number of nitrogens with zero attached hydrogens (tertiary/aromatic N) is 8. The third kappa shape index (κ3) is 4.91. The Bertz CT molecular complexity index is 1550. The number of anilines is 3. The van der Waals surface area contributed by atoms with E-state index in [1.165, 1.54) is 6.07 Å². The van der Waals surface area contributed by atoms with E-state index in [9.17, 15) is 10.1 Å². The van der Waals surface area contributed by atoms with Gasteiger partial charge >= 0.3 is 0 Å². The maximum Gasteiger partial charge on any atom is 0.294 e. The lowest BCUT2D eigenvalue weighted by molar-refractivity contribution is -0.384. The molecule has 0 saturated carbocycles. The molecule has 4 heterocycles. The van der Waals surface area contributed by atoms with E-state index < -0.39 is 0 Å². The van der Waals surface area contributed by atoms with Crippen LogP contribution in [0.1, 0.15) is 6.42 Å². The fraction of sp³-hybridized carbons (Fsp3) is 0.393. The van der Waals surface area contributed by atoms with E-state index in [1.54, 1.807) is 25.4 Å². The van der Waals surface area contributed by atoms with Gasteiger partial charge in [-0.2, -0.15) is 0 Å². The number of nitro benzene ring substituents is 1. The predicted octanol–water partition coefficient (Wildman–Crippen LogP) is 3.52. The quantitative estimate of drug-likeness (QED) is 0.274. The second kappa shape index (κ2) is 10.7. The molecule has 2 aromatic carbocycles. The van der Waals surface area contributed by atoms with Gasteiger partial charge in [0, 0.05) is 70.7 Å². The summed E-state index contributed by atoms with van der Waals surface area (Å²) >= 11 is 0. The summed E-state index contributed by atoms with van der Waals surface area (Å²) in [5, 5.41) is 15.4. The molecule has 4 aromatic rings. The van der Waals surface area contributed by atoms with Crippen molar-refractivity contribution >= 4 is 34.0 Å². The Balaban J connectivity index is 1.27. The van der Waals surface area contributed by atoms with Gasteiger partial charge in [-0.05, 0) is 31.7 Å². The number of hydrogen-bond acceptors (Lipinski definition) is 10. The molecule has 0 radical (unpaired) electrons. The molecule has 208 valence electrons. The van der Waals surface area contributed by atoms with Gasteiger partial charge in [-0.1, -0.05) is 12.1 Å². The molecule has 0 bridgehead atoms. The number of likely N-dealkylation sites (N-methyl/N-ethyl adjacent to an activating group) is 1. The Hall–Kier alpha value is -4.29. The Morgan fingerprint density at radius 3 is 2.60 bits per heavy atom. The van der Waals surface area contributed by atoms with Gasteiger partial charge in [0.25, 0.3) is 5.69 Å². The lowest BCUT2D eigenvalue weighted by Crippen LogP contribution is -2.49. The Morgan fingerprint density at radius 1 is 1.05 bits per heavy atom. The molecule has 2 saturated heterocycles. The van der Waals surface area contributed by atoms with Crippen LogP contribution in [0.15, 0.2) is 48.7 Å². The van der Waals surface area contributed by atoms with Crippen LogP contribution in [0.25, 0.3) is 22.6 Å². The minimum Gasteiger partial charge on any atom is -0.494 e. The van der Waals surface area contributed by atoms with Crippen LogP contribution in [0.4, 0.5) is 23.0 Å². The highest BCUT2D eigenvalue weighted by Crippen LogP contribution is 2.41. The molecule has 1 atom stereocenters. The van der Waals surface area contributed by atoms with Gasteiger partial charge in [0.1, 0.15) is 17.1 Å². The van der Waals surface area contributed by atoms with Gasteiger partial charge in [0.15, 0.2) is 5.82 Å². The fourth-order valence-corrected chi connectivity index (χ4v) is 5.71. The van der Waals surface area contributed by atoms with Gasteiger partial charge in [-0.25, -0.2) is 15.0 Å². The summed E-state index contributed by atoms with van der Waals surface area (Å²) in [4.78, 5) is 32.6. The summed E-state index contributed by atoms with van der Waals surface area (Å²) in [5.41, 5.74) is 3.52. The maximum atomic E-state index is 12.2. The van der Waals surface area contributed by atoms with E-state index in [4.69, 9.17) is 9.72 Å². The van der Waals surface area contributed by atoms with Gasteiger partial charge in [-0.15, -0.1) is 0 Å². The zero-order valence-electron chi connectivity index (χ0n) is 22.9. The molecule has 0 aliphatic carbocycles. The lowest BCUT2D eigenvalue weighted by atomic mass is 10.2. The van der Waals surface area contributed by atoms with Crippen LogP contribution in [0.5, 0.6) is 5.75 Å². The van der Waals surface area contributed by atoms with Gasteiger partial charge in [0.2, 0.25) is 5.95 Å². The molecule has 12 nitrogen and oxygen atoms in total. The molecule has 2 aliphatic heterocycles. The SMILES string of the molecule is COc1cc(N2CC[C@H](N3CCN(C)CC3)C2)c([N+](=O)[O-])cc1Nc1nccc(-c2nc3ccccc3n2C)n1. The second-order valence-corrected chi connectivity index (χ2v) is 10.4. The summed E-state index contributed by atoms with van der Waals surface area (Å²) in [5.74, 6) is 1.48. The minimum atomic E-state index is -0.333. The van der Waals surface area contributed by atoms with Crippen molar-refractivity contribution in [3.63, 3.8) is 0 Å². The third-order valence-corrected chi connectivity index (χ3v) is 7.97. The fourth-order valence-electron chi connectivity index (χ4n) is 5.71. The number of aromatic nitrogens is 4. The van der Waals surface area contributed by atoms with Crippen molar-refractivity contribution in [2.24, 2.45) is 7.05 Å². The second-order valence-electron chi connectivity index (χ2n) is 10.4. The minimum absolute atomic E-state index is 0.0221. The van der Waals surface area contributed by atoms with Crippen LogP contribution in [0, 0.1) is 10.1 Å². The summed E-state index contributed by atoms with van der Waals surface area (Å²) in [6, 6.07) is 13.3. The Morgan fingerprint density at radius 2 is 1.85 bits per heavy atom. The first-order valence-electron chi connectivity index (χ1n) is 13.5. The Labute approximate surface area is 232 Å². The van der Waals surface area contributed by atoms with E-state index in [2.05, 4.69) is 37.0 Å². The molecular formula is C28H33N9O3. The number of hydrogen-bond donors (Lipinski definition) is 1. The maximum absolute atomic E-state index is 12.2. The van der Waals surface area contributed by atoms with Crippen LogP contribution in [0.3, 0.4) is 0 Å². The number of nitrogens with one attached hydrogen (secondary N) is 1. The van der Waals surface area contributed by atoms with Crippen LogP contribution >= 0.6 is 0 Å². The van der Waals surface area contributed by atoms with Crippen molar-refractivity contribution in [3.8, 4) is 17.3 Å². The van der Waals surface area contributed by atoms with Crippen molar-refractivity contribution < 1.29 is 9.66 Å². The third-order valence-electron chi connectivity index (χ3n) is 7.97. The average Bonchev–Trinajstić information content (AvgIpc) is 3.59. The molecule has 1 N–H and O–H groups in total.